The maximum absolute atomic E-state index is 8.36. The molecule has 0 saturated carbocycles. The largest absolute Gasteiger partial charge is 0.483 e. The number of H-pyrrole nitrogens is 1. The number of carboxylic acid groups (broad SMARTS) is 1. The summed E-state index contributed by atoms with van der Waals surface area (Å²) in [5, 5.41) is 17.1. The van der Waals surface area contributed by atoms with Gasteiger partial charge >= 0.3 is 0 Å². The number of benzene rings is 1. The van der Waals surface area contributed by atoms with Gasteiger partial charge in [0.15, 0.2) is 0 Å². The zero-order chi connectivity index (χ0) is 12.9. The van der Waals surface area contributed by atoms with Crippen LogP contribution in [-0.2, 0) is 4.79 Å². The van der Waals surface area contributed by atoms with Crippen molar-refractivity contribution in [2.45, 2.75) is 19.8 Å². The number of hydrogen-bond donors (Lipinski definition) is 2. The molecule has 2 N–H and O–H groups in total. The van der Waals surface area contributed by atoms with Crippen LogP contribution >= 0.6 is 9.24 Å². The van der Waals surface area contributed by atoms with Crippen LogP contribution in [0.4, 0.5) is 0 Å². The van der Waals surface area contributed by atoms with E-state index in [1.807, 2.05) is 24.3 Å². The van der Waals surface area contributed by atoms with Crippen molar-refractivity contribution < 1.29 is 9.90 Å². The molecule has 0 aliphatic heterocycles. The molecule has 0 fully saturated rings. The second kappa shape index (κ2) is 11.0. The first-order valence-corrected chi connectivity index (χ1v) is 6.15. The molecule has 1 atom stereocenters. The molecule has 0 amide bonds. The second-order valence-corrected chi connectivity index (χ2v) is 3.65. The predicted molar refractivity (Wildman–Crippen MR) is 72.1 cm³/mol. The summed E-state index contributed by atoms with van der Waals surface area (Å²) in [6, 6.07) is 7.74. The first-order valence-electron chi connectivity index (χ1n) is 5.33. The van der Waals surface area contributed by atoms with Gasteiger partial charge in [0, 0.05) is 0 Å². The Morgan fingerprint density at radius 3 is 2.59 bits per heavy atom. The quantitative estimate of drug-likeness (QED) is 0.637. The highest BCUT2D eigenvalue weighted by Crippen LogP contribution is 2.03. The Hall–Kier alpha value is -1.48. The number of carbonyl (C=O) groups is 1. The maximum Gasteiger partial charge on any atom is 0.290 e. The molecule has 0 aliphatic rings. The molecule has 0 saturated heterocycles. The summed E-state index contributed by atoms with van der Waals surface area (Å²) < 4.78 is 0. The third-order valence-corrected chi connectivity index (χ3v) is 2.20. The number of para-hydroxylation sites is 1. The van der Waals surface area contributed by atoms with E-state index in [-0.39, 0.29) is 6.47 Å². The number of fused-ring (bicyclic) bond motifs is 1. The van der Waals surface area contributed by atoms with Gasteiger partial charge in [0.25, 0.3) is 6.47 Å². The van der Waals surface area contributed by atoms with E-state index in [4.69, 9.17) is 9.90 Å². The van der Waals surface area contributed by atoms with Crippen LogP contribution in [0.3, 0.4) is 0 Å². The highest BCUT2D eigenvalue weighted by Gasteiger charge is 1.90. The Morgan fingerprint density at radius 1 is 1.47 bits per heavy atom. The van der Waals surface area contributed by atoms with Crippen molar-refractivity contribution in [3.63, 3.8) is 0 Å². The number of nitrogens with zero attached hydrogens (tertiary/aromatic N) is 2. The molecular weight excluding hydrogens is 237 g/mol. The lowest BCUT2D eigenvalue weighted by Gasteiger charge is -1.79. The number of aromatic amines is 1. The molecule has 94 valence electrons. The summed E-state index contributed by atoms with van der Waals surface area (Å²) in [5.41, 5.74) is 1.90. The molecule has 2 rings (SSSR count). The molecule has 6 heteroatoms. The van der Waals surface area contributed by atoms with Gasteiger partial charge in [0.05, 0.1) is 5.52 Å². The molecule has 5 nitrogen and oxygen atoms in total. The fourth-order valence-corrected chi connectivity index (χ4v) is 1.40. The minimum Gasteiger partial charge on any atom is -0.483 e. The van der Waals surface area contributed by atoms with Gasteiger partial charge in [-0.15, -0.1) is 14.3 Å². The SMILES string of the molecule is CCCCP.O=CO.c1ccc2[nH]nnc2c1. The Kier molecular flexibility index (Phi) is 10.1. The number of unbranched alkanes of at least 4 members (excludes halogenated alkanes) is 1. The number of rotatable bonds is 2. The minimum absolute atomic E-state index is 0.250. The van der Waals surface area contributed by atoms with E-state index in [0.717, 1.165) is 11.0 Å². The standard InChI is InChI=1S/C6H5N3.C4H11P.CH2O2/c1-2-4-6-5(3-1)7-9-8-6;1-2-3-4-5;2-1-3/h1-4H,(H,7,8,9);2-5H2,1H3;1H,(H,2,3). The van der Waals surface area contributed by atoms with Gasteiger partial charge in [-0.25, -0.2) is 0 Å². The van der Waals surface area contributed by atoms with E-state index >= 15 is 0 Å². The Balaban J connectivity index is 0.000000276. The fraction of sp³-hybridized carbons (Fsp3) is 0.364. The van der Waals surface area contributed by atoms with Crippen LogP contribution in [0.1, 0.15) is 19.8 Å². The van der Waals surface area contributed by atoms with E-state index in [1.54, 1.807) is 0 Å². The minimum atomic E-state index is -0.250. The first-order chi connectivity index (χ1) is 8.29. The third-order valence-electron chi connectivity index (χ3n) is 1.79. The lowest BCUT2D eigenvalue weighted by atomic mass is 10.3. The number of hydrogen-bond acceptors (Lipinski definition) is 3. The number of aromatic nitrogens is 3. The van der Waals surface area contributed by atoms with Crippen LogP contribution in [0, 0.1) is 0 Å². The van der Waals surface area contributed by atoms with Crippen LogP contribution < -0.4 is 0 Å². The average Bonchev–Trinajstić information content (AvgIpc) is 2.80. The van der Waals surface area contributed by atoms with Gasteiger partial charge in [0.2, 0.25) is 0 Å². The normalized spacial score (nSPS) is 8.59. The summed E-state index contributed by atoms with van der Waals surface area (Å²) in [6.07, 6.45) is 3.94. The van der Waals surface area contributed by atoms with Crippen LogP contribution in [0.2, 0.25) is 0 Å². The van der Waals surface area contributed by atoms with E-state index in [0.29, 0.717) is 0 Å². The van der Waals surface area contributed by atoms with Crippen molar-refractivity contribution in [3.05, 3.63) is 24.3 Å². The zero-order valence-electron chi connectivity index (χ0n) is 9.84. The van der Waals surface area contributed by atoms with Crippen molar-refractivity contribution in [2.75, 3.05) is 6.16 Å². The van der Waals surface area contributed by atoms with Gasteiger partial charge < -0.3 is 5.11 Å². The van der Waals surface area contributed by atoms with Crippen molar-refractivity contribution in [3.8, 4) is 0 Å². The molecule has 0 spiro atoms. The predicted octanol–water partition coefficient (Wildman–Crippen LogP) is 2.32. The topological polar surface area (TPSA) is 78.9 Å². The lowest BCUT2D eigenvalue weighted by molar-refractivity contribution is -0.122. The van der Waals surface area contributed by atoms with Gasteiger partial charge in [-0.3, -0.25) is 9.89 Å². The van der Waals surface area contributed by atoms with Crippen LogP contribution in [0.5, 0.6) is 0 Å². The van der Waals surface area contributed by atoms with Crippen molar-refractivity contribution in [1.82, 2.24) is 15.4 Å². The molecule has 0 bridgehead atoms. The van der Waals surface area contributed by atoms with Gasteiger partial charge in [0.1, 0.15) is 5.52 Å². The summed E-state index contributed by atoms with van der Waals surface area (Å²) in [4.78, 5) is 8.36. The molecule has 1 aromatic heterocycles. The van der Waals surface area contributed by atoms with Crippen LogP contribution in [0.15, 0.2) is 24.3 Å². The summed E-state index contributed by atoms with van der Waals surface area (Å²) in [7, 11) is 2.70. The van der Waals surface area contributed by atoms with Gasteiger partial charge in [-0.1, -0.05) is 37.1 Å². The lowest BCUT2D eigenvalue weighted by Crippen LogP contribution is -1.64. The Morgan fingerprint density at radius 2 is 2.12 bits per heavy atom. The summed E-state index contributed by atoms with van der Waals surface area (Å²) >= 11 is 0. The monoisotopic (exact) mass is 255 g/mol. The molecule has 2 aromatic rings. The summed E-state index contributed by atoms with van der Waals surface area (Å²) in [5.74, 6) is 0. The highest BCUT2D eigenvalue weighted by molar-refractivity contribution is 7.16. The summed E-state index contributed by atoms with van der Waals surface area (Å²) in [6.45, 7) is 1.95. The molecule has 0 aliphatic carbocycles. The molecule has 1 unspecified atom stereocenters. The zero-order valence-corrected chi connectivity index (χ0v) is 11.0. The van der Waals surface area contributed by atoms with E-state index in [1.165, 1.54) is 19.0 Å². The van der Waals surface area contributed by atoms with E-state index in [2.05, 4.69) is 31.6 Å². The van der Waals surface area contributed by atoms with Crippen molar-refractivity contribution in [1.29, 1.82) is 0 Å². The average molecular weight is 255 g/mol. The first kappa shape index (κ1) is 15.5. The molecule has 17 heavy (non-hydrogen) atoms. The van der Waals surface area contributed by atoms with Crippen molar-refractivity contribution >= 4 is 26.7 Å². The van der Waals surface area contributed by atoms with E-state index < -0.39 is 0 Å². The molecular formula is C11H18N3O2P. The van der Waals surface area contributed by atoms with Gasteiger partial charge in [-0.2, -0.15) is 0 Å². The fourth-order valence-electron chi connectivity index (χ4n) is 0.992. The van der Waals surface area contributed by atoms with Crippen LogP contribution in [-0.4, -0.2) is 33.2 Å². The second-order valence-electron chi connectivity index (χ2n) is 3.08. The maximum atomic E-state index is 8.36. The molecule has 1 aromatic carbocycles. The highest BCUT2D eigenvalue weighted by atomic mass is 31.0. The smallest absolute Gasteiger partial charge is 0.290 e. The Bertz CT molecular complexity index is 374. The van der Waals surface area contributed by atoms with E-state index in [9.17, 15) is 0 Å². The number of nitrogens with one attached hydrogen (secondary N) is 1. The molecule has 0 radical (unpaired) electrons. The molecule has 1 heterocycles. The third kappa shape index (κ3) is 7.41. The van der Waals surface area contributed by atoms with Crippen molar-refractivity contribution in [2.24, 2.45) is 0 Å². The Labute approximate surface area is 103 Å². The van der Waals surface area contributed by atoms with Crippen LogP contribution in [0.25, 0.3) is 11.0 Å². The van der Waals surface area contributed by atoms with Gasteiger partial charge in [-0.05, 0) is 18.3 Å².